The molecule has 0 aromatic carbocycles. The lowest BCUT2D eigenvalue weighted by atomic mass is 10.1. The Morgan fingerprint density at radius 3 is 2.94 bits per heavy atom. The van der Waals surface area contributed by atoms with Gasteiger partial charge in [-0.1, -0.05) is 12.2 Å². The van der Waals surface area contributed by atoms with E-state index < -0.39 is 0 Å². The van der Waals surface area contributed by atoms with Gasteiger partial charge in [-0.15, -0.1) is 0 Å². The maximum Gasteiger partial charge on any atom is 0.232 e. The van der Waals surface area contributed by atoms with Crippen LogP contribution in [0.4, 0.5) is 5.82 Å². The molecule has 0 bridgehead atoms. The molecular formula is C12H14BrN3O. The van der Waals surface area contributed by atoms with Crippen LogP contribution in [0.2, 0.25) is 0 Å². The number of pyridine rings is 1. The fourth-order valence-corrected chi connectivity index (χ4v) is 2.25. The highest BCUT2D eigenvalue weighted by molar-refractivity contribution is 9.10. The largest absolute Gasteiger partial charge is 0.324 e. The summed E-state index contributed by atoms with van der Waals surface area (Å²) in [4.78, 5) is 16.1. The molecule has 1 aliphatic rings. The number of amides is 1. The number of hydrogen-bond donors (Lipinski definition) is 2. The highest BCUT2D eigenvalue weighted by Gasteiger charge is 2.23. The second-order valence-electron chi connectivity index (χ2n) is 4.20. The lowest BCUT2D eigenvalue weighted by molar-refractivity contribution is -0.118. The van der Waals surface area contributed by atoms with Gasteiger partial charge < -0.3 is 11.1 Å². The number of carbonyl (C=O) groups is 1. The second kappa shape index (κ2) is 4.98. The van der Waals surface area contributed by atoms with Crippen LogP contribution in [0.1, 0.15) is 12.0 Å². The van der Waals surface area contributed by atoms with Gasteiger partial charge in [-0.3, -0.25) is 4.79 Å². The predicted octanol–water partition coefficient (Wildman–Crippen LogP) is 1.99. The van der Waals surface area contributed by atoms with Crippen LogP contribution in [0.5, 0.6) is 0 Å². The molecule has 5 heteroatoms. The van der Waals surface area contributed by atoms with Crippen molar-refractivity contribution in [3.63, 3.8) is 0 Å². The molecule has 0 spiro atoms. The summed E-state index contributed by atoms with van der Waals surface area (Å²) in [7, 11) is 0. The Balaban J connectivity index is 2.06. The highest BCUT2D eigenvalue weighted by atomic mass is 79.9. The van der Waals surface area contributed by atoms with Crippen LogP contribution >= 0.6 is 15.9 Å². The van der Waals surface area contributed by atoms with Crippen molar-refractivity contribution in [2.24, 2.45) is 11.7 Å². The molecule has 90 valence electrons. The fourth-order valence-electron chi connectivity index (χ4n) is 1.80. The van der Waals surface area contributed by atoms with E-state index in [4.69, 9.17) is 5.73 Å². The van der Waals surface area contributed by atoms with Crippen molar-refractivity contribution >= 4 is 27.7 Å². The molecule has 4 nitrogen and oxygen atoms in total. The molecule has 0 aliphatic heterocycles. The number of aryl methyl sites for hydroxylation is 1. The third-order valence-electron chi connectivity index (χ3n) is 2.74. The molecule has 2 rings (SSSR count). The minimum absolute atomic E-state index is 0.00951. The number of nitrogens with zero attached hydrogens (tertiary/aromatic N) is 1. The zero-order valence-electron chi connectivity index (χ0n) is 9.48. The molecule has 1 aromatic rings. The number of hydrogen-bond acceptors (Lipinski definition) is 3. The van der Waals surface area contributed by atoms with Crippen molar-refractivity contribution in [3.8, 4) is 0 Å². The minimum atomic E-state index is -0.144. The van der Waals surface area contributed by atoms with Crippen molar-refractivity contribution in [2.45, 2.75) is 19.4 Å². The molecule has 17 heavy (non-hydrogen) atoms. The highest BCUT2D eigenvalue weighted by Crippen LogP contribution is 2.21. The molecule has 3 N–H and O–H groups in total. The number of nitrogens with two attached hydrogens (primary N) is 1. The molecular weight excluding hydrogens is 282 g/mol. The Morgan fingerprint density at radius 1 is 1.59 bits per heavy atom. The first-order valence-electron chi connectivity index (χ1n) is 5.43. The summed E-state index contributed by atoms with van der Waals surface area (Å²) < 4.78 is 0.899. The molecule has 2 atom stereocenters. The van der Waals surface area contributed by atoms with Crippen molar-refractivity contribution in [2.75, 3.05) is 5.32 Å². The second-order valence-corrected chi connectivity index (χ2v) is 5.11. The SMILES string of the molecule is Cc1cc(Br)cnc1NC(=O)C1C=CC(N)C1. The Bertz CT molecular complexity index is 473. The summed E-state index contributed by atoms with van der Waals surface area (Å²) in [5.74, 6) is 0.411. The third-order valence-corrected chi connectivity index (χ3v) is 3.17. The average molecular weight is 296 g/mol. The van der Waals surface area contributed by atoms with Gasteiger partial charge in [-0.05, 0) is 40.9 Å². The van der Waals surface area contributed by atoms with E-state index in [-0.39, 0.29) is 17.9 Å². The van der Waals surface area contributed by atoms with Crippen molar-refractivity contribution < 1.29 is 4.79 Å². The molecule has 0 fully saturated rings. The standard InChI is InChI=1S/C12H14BrN3O/c1-7-4-9(13)6-15-11(7)16-12(17)8-2-3-10(14)5-8/h2-4,6,8,10H,5,14H2,1H3,(H,15,16,17). The van der Waals surface area contributed by atoms with Crippen LogP contribution in [-0.2, 0) is 4.79 Å². The Kier molecular flexibility index (Phi) is 3.59. The van der Waals surface area contributed by atoms with Crippen molar-refractivity contribution in [1.29, 1.82) is 0 Å². The van der Waals surface area contributed by atoms with Crippen LogP contribution in [0.3, 0.4) is 0 Å². The zero-order chi connectivity index (χ0) is 12.4. The summed E-state index contributed by atoms with van der Waals surface area (Å²) in [6, 6.07) is 1.91. The number of halogens is 1. The Morgan fingerprint density at radius 2 is 2.35 bits per heavy atom. The fraction of sp³-hybridized carbons (Fsp3) is 0.333. The number of nitrogens with one attached hydrogen (secondary N) is 1. The molecule has 0 saturated carbocycles. The van der Waals surface area contributed by atoms with Crippen LogP contribution < -0.4 is 11.1 Å². The predicted molar refractivity (Wildman–Crippen MR) is 70.5 cm³/mol. The van der Waals surface area contributed by atoms with Crippen molar-refractivity contribution in [3.05, 3.63) is 34.5 Å². The van der Waals surface area contributed by atoms with Crippen LogP contribution in [0, 0.1) is 12.8 Å². The van der Waals surface area contributed by atoms with Gasteiger partial charge >= 0.3 is 0 Å². The van der Waals surface area contributed by atoms with Gasteiger partial charge in [0.1, 0.15) is 5.82 Å². The maximum absolute atomic E-state index is 11.9. The first-order valence-corrected chi connectivity index (χ1v) is 6.22. The Hall–Kier alpha value is -1.20. The van der Waals surface area contributed by atoms with Crippen LogP contribution in [0.25, 0.3) is 0 Å². The van der Waals surface area contributed by atoms with Gasteiger partial charge in [0.2, 0.25) is 5.91 Å². The first kappa shape index (κ1) is 12.3. The maximum atomic E-state index is 11.9. The van der Waals surface area contributed by atoms with Gasteiger partial charge in [-0.25, -0.2) is 4.98 Å². The van der Waals surface area contributed by atoms with Gasteiger partial charge in [0.15, 0.2) is 0 Å². The molecule has 1 amide bonds. The van der Waals surface area contributed by atoms with Gasteiger partial charge in [0.05, 0.1) is 5.92 Å². The van der Waals surface area contributed by atoms with Gasteiger partial charge in [-0.2, -0.15) is 0 Å². The van der Waals surface area contributed by atoms with E-state index in [9.17, 15) is 4.79 Å². The van der Waals surface area contributed by atoms with E-state index in [0.29, 0.717) is 12.2 Å². The van der Waals surface area contributed by atoms with Crippen LogP contribution in [0.15, 0.2) is 28.9 Å². The average Bonchev–Trinajstić information content (AvgIpc) is 2.69. The van der Waals surface area contributed by atoms with E-state index in [0.717, 1.165) is 10.0 Å². The number of carbonyl (C=O) groups excluding carboxylic acids is 1. The van der Waals surface area contributed by atoms with E-state index in [1.54, 1.807) is 6.20 Å². The van der Waals surface area contributed by atoms with Crippen molar-refractivity contribution in [1.82, 2.24) is 4.98 Å². The first-order chi connectivity index (χ1) is 8.06. The molecule has 1 heterocycles. The topological polar surface area (TPSA) is 68.0 Å². The number of aromatic nitrogens is 1. The minimum Gasteiger partial charge on any atom is -0.324 e. The Labute approximate surface area is 108 Å². The van der Waals surface area contributed by atoms with E-state index in [2.05, 4.69) is 26.2 Å². The number of rotatable bonds is 2. The summed E-state index contributed by atoms with van der Waals surface area (Å²) in [5.41, 5.74) is 6.65. The normalized spacial score (nSPS) is 22.8. The molecule has 1 aliphatic carbocycles. The van der Waals surface area contributed by atoms with E-state index in [1.165, 1.54) is 0 Å². The summed E-state index contributed by atoms with van der Waals surface area (Å²) in [6.07, 6.45) is 6.06. The van der Waals surface area contributed by atoms with Crippen LogP contribution in [-0.4, -0.2) is 16.9 Å². The van der Waals surface area contributed by atoms with E-state index >= 15 is 0 Å². The molecule has 0 saturated heterocycles. The quantitative estimate of drug-likeness (QED) is 0.820. The molecule has 2 unspecified atom stereocenters. The number of anilines is 1. The summed E-state index contributed by atoms with van der Waals surface area (Å²) in [6.45, 7) is 1.91. The van der Waals surface area contributed by atoms with Gasteiger partial charge in [0, 0.05) is 16.7 Å². The summed E-state index contributed by atoms with van der Waals surface area (Å²) >= 11 is 3.33. The molecule has 1 aromatic heterocycles. The lowest BCUT2D eigenvalue weighted by Gasteiger charge is -2.11. The van der Waals surface area contributed by atoms with Gasteiger partial charge in [0.25, 0.3) is 0 Å². The molecule has 0 radical (unpaired) electrons. The van der Waals surface area contributed by atoms with E-state index in [1.807, 2.05) is 25.1 Å². The third kappa shape index (κ3) is 2.92. The summed E-state index contributed by atoms with van der Waals surface area (Å²) in [5, 5.41) is 2.82. The monoisotopic (exact) mass is 295 g/mol. The smallest absolute Gasteiger partial charge is 0.232 e. The lowest BCUT2D eigenvalue weighted by Crippen LogP contribution is -2.24. The zero-order valence-corrected chi connectivity index (χ0v) is 11.1.